The highest BCUT2D eigenvalue weighted by molar-refractivity contribution is 7.10. The monoisotopic (exact) mass is 507 g/mol. The summed E-state index contributed by atoms with van der Waals surface area (Å²) in [6.45, 7) is 6.69. The van der Waals surface area contributed by atoms with E-state index in [0.717, 1.165) is 17.5 Å². The maximum atomic E-state index is 13.6. The second kappa shape index (κ2) is 11.5. The van der Waals surface area contributed by atoms with Gasteiger partial charge in [-0.15, -0.1) is 11.3 Å². The number of thiophene rings is 1. The quantitative estimate of drug-likeness (QED) is 0.436. The summed E-state index contributed by atoms with van der Waals surface area (Å²) in [6.07, 6.45) is 0.793. The molecule has 36 heavy (non-hydrogen) atoms. The summed E-state index contributed by atoms with van der Waals surface area (Å²) in [6, 6.07) is 16.5. The van der Waals surface area contributed by atoms with Crippen molar-refractivity contribution in [1.82, 2.24) is 9.80 Å². The molecular weight excluding hydrogens is 474 g/mol. The number of aryl methyl sites for hydroxylation is 1. The first kappa shape index (κ1) is 25.6. The summed E-state index contributed by atoms with van der Waals surface area (Å²) in [5, 5.41) is 4.98. The topological polar surface area (TPSA) is 71.1 Å². The summed E-state index contributed by atoms with van der Waals surface area (Å²) < 4.78 is 11.6. The molecule has 1 aliphatic heterocycles. The summed E-state index contributed by atoms with van der Waals surface area (Å²) in [5.74, 6) is 1.18. The number of anilines is 1. The average Bonchev–Trinajstić information content (AvgIpc) is 3.36. The van der Waals surface area contributed by atoms with Crippen molar-refractivity contribution in [1.29, 1.82) is 0 Å². The fourth-order valence-electron chi connectivity index (χ4n) is 4.34. The molecule has 190 valence electrons. The van der Waals surface area contributed by atoms with Crippen LogP contribution in [0.2, 0.25) is 0 Å². The molecule has 0 aliphatic carbocycles. The Kier molecular flexibility index (Phi) is 8.15. The van der Waals surface area contributed by atoms with Crippen LogP contribution in [0.1, 0.15) is 35.9 Å². The van der Waals surface area contributed by atoms with Gasteiger partial charge in [-0.2, -0.15) is 0 Å². The van der Waals surface area contributed by atoms with Crippen molar-refractivity contribution in [3.05, 3.63) is 76.0 Å². The largest absolute Gasteiger partial charge is 0.493 e. The fourth-order valence-corrected chi connectivity index (χ4v) is 5.27. The Hall–Kier alpha value is -3.52. The molecule has 3 amide bonds. The Morgan fingerprint density at radius 3 is 2.53 bits per heavy atom. The van der Waals surface area contributed by atoms with Crippen LogP contribution in [0, 0.1) is 6.92 Å². The highest BCUT2D eigenvalue weighted by Gasteiger charge is 2.34. The average molecular weight is 508 g/mol. The molecule has 1 atom stereocenters. The Balaban J connectivity index is 1.50. The van der Waals surface area contributed by atoms with Gasteiger partial charge < -0.3 is 24.6 Å². The normalized spacial score (nSPS) is 14.8. The van der Waals surface area contributed by atoms with Crippen molar-refractivity contribution < 1.29 is 19.1 Å². The van der Waals surface area contributed by atoms with Gasteiger partial charge in [-0.1, -0.05) is 29.8 Å². The highest BCUT2D eigenvalue weighted by Crippen LogP contribution is 2.35. The van der Waals surface area contributed by atoms with Gasteiger partial charge >= 0.3 is 6.03 Å². The van der Waals surface area contributed by atoms with Gasteiger partial charge in [0.1, 0.15) is 13.2 Å². The number of urea groups is 1. The molecule has 0 spiro atoms. The van der Waals surface area contributed by atoms with E-state index in [-0.39, 0.29) is 30.6 Å². The predicted octanol–water partition coefficient (Wildman–Crippen LogP) is 5.51. The minimum absolute atomic E-state index is 0.0139. The molecule has 1 aromatic heterocycles. The standard InChI is InChI=1S/C28H33N3O4S/c1-19(2)31(28(33)29-21-11-9-20(3)10-12-21)17-27(32)30-15-13-26-22(14-16-36-26)23(30)18-35-25-8-6-5-7-24(25)34-4/h5-12,14,16,19,23H,13,15,17-18H2,1-4H3,(H,29,33)/t23-/m1/s1. The Morgan fingerprint density at radius 2 is 1.83 bits per heavy atom. The molecule has 1 N–H and O–H groups in total. The number of fused-ring (bicyclic) bond motifs is 1. The van der Waals surface area contributed by atoms with Crippen LogP contribution in [-0.2, 0) is 11.2 Å². The molecule has 4 rings (SSSR count). The van der Waals surface area contributed by atoms with Crippen molar-refractivity contribution in [2.75, 3.05) is 32.1 Å². The molecule has 1 aliphatic rings. The Morgan fingerprint density at radius 1 is 1.11 bits per heavy atom. The van der Waals surface area contributed by atoms with E-state index in [9.17, 15) is 9.59 Å². The molecule has 0 radical (unpaired) electrons. The number of rotatable bonds is 8. The van der Waals surface area contributed by atoms with E-state index in [4.69, 9.17) is 9.47 Å². The number of para-hydroxylation sites is 2. The van der Waals surface area contributed by atoms with Gasteiger partial charge in [0.25, 0.3) is 0 Å². The number of hydrogen-bond donors (Lipinski definition) is 1. The second-order valence-corrected chi connectivity index (χ2v) is 10.1. The van der Waals surface area contributed by atoms with E-state index in [0.29, 0.717) is 30.3 Å². The Bertz CT molecular complexity index is 1190. The van der Waals surface area contributed by atoms with E-state index < -0.39 is 0 Å². The van der Waals surface area contributed by atoms with Crippen LogP contribution in [0.3, 0.4) is 0 Å². The zero-order valence-corrected chi connectivity index (χ0v) is 22.0. The molecule has 2 heterocycles. The predicted molar refractivity (Wildman–Crippen MR) is 143 cm³/mol. The van der Waals surface area contributed by atoms with E-state index in [1.54, 1.807) is 23.3 Å². The van der Waals surface area contributed by atoms with Crippen molar-refractivity contribution in [3.63, 3.8) is 0 Å². The number of hydrogen-bond acceptors (Lipinski definition) is 5. The molecule has 3 aromatic rings. The lowest BCUT2D eigenvalue weighted by Gasteiger charge is -2.37. The first-order valence-corrected chi connectivity index (χ1v) is 13.0. The first-order valence-electron chi connectivity index (χ1n) is 12.1. The van der Waals surface area contributed by atoms with E-state index in [1.165, 1.54) is 4.88 Å². The van der Waals surface area contributed by atoms with Gasteiger partial charge in [-0.25, -0.2) is 4.79 Å². The fraction of sp³-hybridized carbons (Fsp3) is 0.357. The van der Waals surface area contributed by atoms with E-state index >= 15 is 0 Å². The second-order valence-electron chi connectivity index (χ2n) is 9.13. The molecule has 2 aromatic carbocycles. The highest BCUT2D eigenvalue weighted by atomic mass is 32.1. The Labute approximate surface area is 216 Å². The third-order valence-electron chi connectivity index (χ3n) is 6.37. The van der Waals surface area contributed by atoms with E-state index in [1.807, 2.05) is 74.2 Å². The molecule has 0 fully saturated rings. The van der Waals surface area contributed by atoms with Crippen LogP contribution in [-0.4, -0.2) is 54.6 Å². The lowest BCUT2D eigenvalue weighted by Crippen LogP contribution is -2.50. The minimum Gasteiger partial charge on any atom is -0.493 e. The number of benzene rings is 2. The summed E-state index contributed by atoms with van der Waals surface area (Å²) in [5.41, 5.74) is 2.92. The molecule has 0 saturated carbocycles. The number of nitrogens with zero attached hydrogens (tertiary/aromatic N) is 2. The maximum Gasteiger partial charge on any atom is 0.322 e. The summed E-state index contributed by atoms with van der Waals surface area (Å²) >= 11 is 1.71. The number of carbonyl (C=O) groups excluding carboxylic acids is 2. The van der Waals surface area contributed by atoms with Crippen molar-refractivity contribution >= 4 is 29.0 Å². The maximum absolute atomic E-state index is 13.6. The van der Waals surface area contributed by atoms with Crippen LogP contribution < -0.4 is 14.8 Å². The van der Waals surface area contributed by atoms with Crippen LogP contribution in [0.4, 0.5) is 10.5 Å². The van der Waals surface area contributed by atoms with Crippen LogP contribution >= 0.6 is 11.3 Å². The van der Waals surface area contributed by atoms with Gasteiger partial charge in [0.2, 0.25) is 5.91 Å². The van der Waals surface area contributed by atoms with Crippen LogP contribution in [0.25, 0.3) is 0 Å². The van der Waals surface area contributed by atoms with Gasteiger partial charge in [-0.3, -0.25) is 4.79 Å². The lowest BCUT2D eigenvalue weighted by atomic mass is 10.0. The molecular formula is C28H33N3O4S. The van der Waals surface area contributed by atoms with Gasteiger partial charge in [0.05, 0.1) is 13.2 Å². The number of carbonyl (C=O) groups is 2. The number of ether oxygens (including phenoxy) is 2. The van der Waals surface area contributed by atoms with Crippen molar-refractivity contribution in [3.8, 4) is 11.5 Å². The smallest absolute Gasteiger partial charge is 0.322 e. The lowest BCUT2D eigenvalue weighted by molar-refractivity contribution is -0.135. The molecule has 8 heteroatoms. The van der Waals surface area contributed by atoms with Gasteiger partial charge in [0.15, 0.2) is 11.5 Å². The third-order valence-corrected chi connectivity index (χ3v) is 7.37. The molecule has 7 nitrogen and oxygen atoms in total. The van der Waals surface area contributed by atoms with Crippen molar-refractivity contribution in [2.45, 2.75) is 39.3 Å². The zero-order valence-electron chi connectivity index (χ0n) is 21.2. The van der Waals surface area contributed by atoms with Crippen LogP contribution in [0.5, 0.6) is 11.5 Å². The van der Waals surface area contributed by atoms with Crippen molar-refractivity contribution in [2.24, 2.45) is 0 Å². The van der Waals surface area contributed by atoms with Gasteiger partial charge in [0, 0.05) is 23.2 Å². The van der Waals surface area contributed by atoms with Gasteiger partial charge in [-0.05, 0) is 68.5 Å². The number of methoxy groups -OCH3 is 1. The minimum atomic E-state index is -0.294. The third kappa shape index (κ3) is 5.82. The first-order chi connectivity index (χ1) is 17.4. The molecule has 0 bridgehead atoms. The zero-order chi connectivity index (χ0) is 25.7. The SMILES string of the molecule is COc1ccccc1OC[C@@H]1c2ccsc2CCN1C(=O)CN(C(=O)Nc1ccc(C)cc1)C(C)C. The molecule has 0 saturated heterocycles. The number of nitrogens with one attached hydrogen (secondary N) is 1. The van der Waals surface area contributed by atoms with Crippen LogP contribution in [0.15, 0.2) is 60.0 Å². The molecule has 0 unspecified atom stereocenters. The summed E-state index contributed by atoms with van der Waals surface area (Å²) in [7, 11) is 1.61. The van der Waals surface area contributed by atoms with E-state index in [2.05, 4.69) is 16.8 Å². The number of amides is 3. The summed E-state index contributed by atoms with van der Waals surface area (Å²) in [4.78, 5) is 31.4.